The van der Waals surface area contributed by atoms with Crippen LogP contribution < -0.4 is 4.90 Å². The van der Waals surface area contributed by atoms with Gasteiger partial charge < -0.3 is 19.4 Å². The largest absolute Gasteiger partial charge is 0.450 e. The summed E-state index contributed by atoms with van der Waals surface area (Å²) < 4.78 is 5.04. The number of hydrogen-bond acceptors (Lipinski definition) is 6. The van der Waals surface area contributed by atoms with Gasteiger partial charge >= 0.3 is 6.09 Å². The van der Waals surface area contributed by atoms with Gasteiger partial charge in [0.25, 0.3) is 0 Å². The van der Waals surface area contributed by atoms with Crippen LogP contribution in [0.4, 0.5) is 10.7 Å². The molecule has 0 aliphatic carbocycles. The Bertz CT molecular complexity index is 668. The lowest BCUT2D eigenvalue weighted by Crippen LogP contribution is -2.54. The second-order valence-corrected chi connectivity index (χ2v) is 7.25. The number of carbonyl (C=O) groups is 2. The molecule has 27 heavy (non-hydrogen) atoms. The number of amides is 2. The summed E-state index contributed by atoms with van der Waals surface area (Å²) in [6.45, 7) is 9.82. The quantitative estimate of drug-likeness (QED) is 0.799. The van der Waals surface area contributed by atoms with E-state index in [1.165, 1.54) is 0 Å². The lowest BCUT2D eigenvalue weighted by Gasteiger charge is -2.38. The van der Waals surface area contributed by atoms with Gasteiger partial charge in [0.05, 0.1) is 12.5 Å². The second-order valence-electron chi connectivity index (χ2n) is 7.25. The van der Waals surface area contributed by atoms with Gasteiger partial charge in [-0.1, -0.05) is 0 Å². The van der Waals surface area contributed by atoms with Crippen molar-refractivity contribution in [2.75, 3.05) is 50.8 Å². The molecular weight excluding hydrogens is 346 g/mol. The highest BCUT2D eigenvalue weighted by Crippen LogP contribution is 2.23. The highest BCUT2D eigenvalue weighted by molar-refractivity contribution is 5.80. The molecule has 0 bridgehead atoms. The van der Waals surface area contributed by atoms with Crippen molar-refractivity contribution in [3.8, 4) is 0 Å². The van der Waals surface area contributed by atoms with Crippen LogP contribution in [0.5, 0.6) is 0 Å². The first-order valence-electron chi connectivity index (χ1n) is 9.75. The molecule has 8 nitrogen and oxygen atoms in total. The Labute approximate surface area is 160 Å². The predicted octanol–water partition coefficient (Wildman–Crippen LogP) is 1.61. The monoisotopic (exact) mass is 375 g/mol. The van der Waals surface area contributed by atoms with Gasteiger partial charge in [-0.2, -0.15) is 0 Å². The molecule has 3 rings (SSSR count). The molecule has 148 valence electrons. The topological polar surface area (TPSA) is 78.9 Å². The van der Waals surface area contributed by atoms with Crippen LogP contribution in [-0.4, -0.2) is 77.6 Å². The van der Waals surface area contributed by atoms with Crippen LogP contribution in [-0.2, 0) is 9.53 Å². The first-order valence-corrected chi connectivity index (χ1v) is 9.75. The van der Waals surface area contributed by atoms with Crippen LogP contribution in [0.15, 0.2) is 6.07 Å². The van der Waals surface area contributed by atoms with Gasteiger partial charge in [-0.15, -0.1) is 0 Å². The molecule has 2 fully saturated rings. The van der Waals surface area contributed by atoms with Gasteiger partial charge in [-0.3, -0.25) is 4.79 Å². The Morgan fingerprint density at radius 1 is 1.07 bits per heavy atom. The molecule has 8 heteroatoms. The van der Waals surface area contributed by atoms with Crippen molar-refractivity contribution in [3.63, 3.8) is 0 Å². The van der Waals surface area contributed by atoms with E-state index in [1.807, 2.05) is 24.8 Å². The minimum Gasteiger partial charge on any atom is -0.450 e. The molecule has 0 spiro atoms. The Hall–Kier alpha value is -2.38. The summed E-state index contributed by atoms with van der Waals surface area (Å²) in [5, 5.41) is 0. The van der Waals surface area contributed by atoms with E-state index < -0.39 is 0 Å². The van der Waals surface area contributed by atoms with E-state index >= 15 is 0 Å². The number of piperazine rings is 1. The molecule has 0 radical (unpaired) electrons. The minimum absolute atomic E-state index is 0.0442. The first kappa shape index (κ1) is 19.4. The Morgan fingerprint density at radius 2 is 1.70 bits per heavy atom. The number of aryl methyl sites for hydroxylation is 2. The molecule has 1 atom stereocenters. The highest BCUT2D eigenvalue weighted by atomic mass is 16.6. The summed E-state index contributed by atoms with van der Waals surface area (Å²) in [6, 6.07) is 1.96. The zero-order valence-corrected chi connectivity index (χ0v) is 16.5. The summed E-state index contributed by atoms with van der Waals surface area (Å²) in [5.74, 6) is 0.849. The number of rotatable bonds is 3. The van der Waals surface area contributed by atoms with E-state index in [2.05, 4.69) is 14.9 Å². The zero-order valence-electron chi connectivity index (χ0n) is 16.5. The zero-order chi connectivity index (χ0) is 19.4. The number of carbonyl (C=O) groups excluding carboxylic acids is 2. The first-order chi connectivity index (χ1) is 13.0. The number of hydrogen-bond donors (Lipinski definition) is 0. The van der Waals surface area contributed by atoms with Gasteiger partial charge in [0, 0.05) is 50.7 Å². The summed E-state index contributed by atoms with van der Waals surface area (Å²) in [5.41, 5.74) is 1.89. The molecule has 1 aromatic heterocycles. The molecule has 3 heterocycles. The molecule has 0 saturated carbocycles. The molecular formula is C19H29N5O3. The van der Waals surface area contributed by atoms with Crippen LogP contribution in [0, 0.1) is 19.8 Å². The smallest absolute Gasteiger partial charge is 0.409 e. The second kappa shape index (κ2) is 8.54. The van der Waals surface area contributed by atoms with E-state index in [1.54, 1.807) is 11.8 Å². The maximum atomic E-state index is 13.0. The number of ether oxygens (including phenoxy) is 1. The van der Waals surface area contributed by atoms with Gasteiger partial charge in [0.15, 0.2) is 0 Å². The maximum Gasteiger partial charge on any atom is 0.409 e. The molecule has 0 N–H and O–H groups in total. The fraction of sp³-hybridized carbons (Fsp3) is 0.684. The van der Waals surface area contributed by atoms with Crippen LogP contribution in [0.25, 0.3) is 0 Å². The average Bonchev–Trinajstić information content (AvgIpc) is 2.67. The van der Waals surface area contributed by atoms with E-state index in [9.17, 15) is 9.59 Å². The SMILES string of the molecule is CCOC(=O)N1CCN(C(=O)C2CCCN(c3nc(C)cc(C)n3)C2)CC1. The standard InChI is InChI=1S/C19H29N5O3/c1-4-27-19(26)23-10-8-22(9-11-23)17(25)16-6-5-7-24(13-16)18-20-14(2)12-15(3)21-18/h12,16H,4-11,13H2,1-3H3. The number of nitrogens with zero attached hydrogens (tertiary/aromatic N) is 5. The normalized spacial score (nSPS) is 20.6. The third-order valence-electron chi connectivity index (χ3n) is 5.14. The van der Waals surface area contributed by atoms with Crippen LogP contribution in [0.3, 0.4) is 0 Å². The molecule has 2 amide bonds. The summed E-state index contributed by atoms with van der Waals surface area (Å²) in [4.78, 5) is 39.6. The fourth-order valence-corrected chi connectivity index (χ4v) is 3.79. The highest BCUT2D eigenvalue weighted by Gasteiger charge is 2.32. The Morgan fingerprint density at radius 3 is 2.33 bits per heavy atom. The number of anilines is 1. The molecule has 2 saturated heterocycles. The van der Waals surface area contributed by atoms with Gasteiger partial charge in [0.2, 0.25) is 11.9 Å². The molecule has 1 aromatic rings. The van der Waals surface area contributed by atoms with Crippen LogP contribution >= 0.6 is 0 Å². The lowest BCUT2D eigenvalue weighted by molar-refractivity contribution is -0.137. The van der Waals surface area contributed by atoms with Crippen molar-refractivity contribution in [1.29, 1.82) is 0 Å². The lowest BCUT2D eigenvalue weighted by atomic mass is 9.96. The third kappa shape index (κ3) is 4.67. The van der Waals surface area contributed by atoms with E-state index in [0.717, 1.165) is 36.7 Å². The summed E-state index contributed by atoms with van der Waals surface area (Å²) in [7, 11) is 0. The Balaban J connectivity index is 1.58. The fourth-order valence-electron chi connectivity index (χ4n) is 3.79. The van der Waals surface area contributed by atoms with Crippen molar-refractivity contribution >= 4 is 17.9 Å². The molecule has 0 aromatic carbocycles. The number of aromatic nitrogens is 2. The van der Waals surface area contributed by atoms with Crippen molar-refractivity contribution in [3.05, 3.63) is 17.5 Å². The van der Waals surface area contributed by atoms with E-state index in [4.69, 9.17) is 4.74 Å². The number of piperidine rings is 1. The maximum absolute atomic E-state index is 13.0. The average molecular weight is 375 g/mol. The third-order valence-corrected chi connectivity index (χ3v) is 5.14. The van der Waals surface area contributed by atoms with Gasteiger partial charge in [0.1, 0.15) is 0 Å². The molecule has 2 aliphatic heterocycles. The minimum atomic E-state index is -0.291. The van der Waals surface area contributed by atoms with Crippen molar-refractivity contribution < 1.29 is 14.3 Å². The molecule has 1 unspecified atom stereocenters. The predicted molar refractivity (Wildman–Crippen MR) is 102 cm³/mol. The van der Waals surface area contributed by atoms with Crippen molar-refractivity contribution in [1.82, 2.24) is 19.8 Å². The van der Waals surface area contributed by atoms with E-state index in [0.29, 0.717) is 39.3 Å². The van der Waals surface area contributed by atoms with E-state index in [-0.39, 0.29) is 17.9 Å². The molecule has 2 aliphatic rings. The van der Waals surface area contributed by atoms with Crippen molar-refractivity contribution in [2.24, 2.45) is 5.92 Å². The van der Waals surface area contributed by atoms with Gasteiger partial charge in [-0.05, 0) is 39.7 Å². The van der Waals surface area contributed by atoms with Crippen molar-refractivity contribution in [2.45, 2.75) is 33.6 Å². The summed E-state index contributed by atoms with van der Waals surface area (Å²) >= 11 is 0. The van der Waals surface area contributed by atoms with Crippen LogP contribution in [0.2, 0.25) is 0 Å². The Kier molecular flexibility index (Phi) is 6.13. The van der Waals surface area contributed by atoms with Gasteiger partial charge in [-0.25, -0.2) is 14.8 Å². The summed E-state index contributed by atoms with van der Waals surface area (Å²) in [6.07, 6.45) is 1.55. The van der Waals surface area contributed by atoms with Crippen LogP contribution in [0.1, 0.15) is 31.2 Å².